The van der Waals surface area contributed by atoms with Gasteiger partial charge in [-0.25, -0.2) is 10.4 Å². The minimum absolute atomic E-state index is 0.0550. The molecule has 3 amide bonds. The molecule has 0 saturated carbocycles. The van der Waals surface area contributed by atoms with Crippen LogP contribution in [0.25, 0.3) is 0 Å². The molecule has 0 unspecified atom stereocenters. The Labute approximate surface area is 218 Å². The summed E-state index contributed by atoms with van der Waals surface area (Å²) in [5.41, 5.74) is 3.46. The van der Waals surface area contributed by atoms with E-state index < -0.39 is 29.6 Å². The Morgan fingerprint density at radius 3 is 2.49 bits per heavy atom. The summed E-state index contributed by atoms with van der Waals surface area (Å²) in [6, 6.07) is 7.03. The van der Waals surface area contributed by atoms with E-state index in [0.717, 1.165) is 37.4 Å². The number of rotatable bonds is 11. The van der Waals surface area contributed by atoms with E-state index in [4.69, 9.17) is 9.84 Å². The smallest absolute Gasteiger partial charge is 0.304 e. The number of nitrogens with zero attached hydrogens (tertiary/aromatic N) is 2. The van der Waals surface area contributed by atoms with Crippen LogP contribution in [0.2, 0.25) is 0 Å². The lowest BCUT2D eigenvalue weighted by molar-refractivity contribution is -0.155. The average molecular weight is 517 g/mol. The Morgan fingerprint density at radius 2 is 1.84 bits per heavy atom. The van der Waals surface area contributed by atoms with Crippen LogP contribution < -0.4 is 15.5 Å². The number of ether oxygens (including phenoxy) is 1. The monoisotopic (exact) mass is 516 g/mol. The number of hydrogen-bond donors (Lipinski definition) is 3. The summed E-state index contributed by atoms with van der Waals surface area (Å²) in [5.74, 6) is -1.82. The third kappa shape index (κ3) is 8.26. The minimum atomic E-state index is -1.03. The Kier molecular flexibility index (Phi) is 10.9. The number of imide groups is 1. The van der Waals surface area contributed by atoms with Crippen molar-refractivity contribution in [3.05, 3.63) is 29.8 Å². The first kappa shape index (κ1) is 28.6. The number of carboxylic acid groups (broad SMARTS) is 1. The number of hydrazine groups is 1. The van der Waals surface area contributed by atoms with Crippen LogP contribution in [0.1, 0.15) is 63.4 Å². The van der Waals surface area contributed by atoms with Gasteiger partial charge in [-0.1, -0.05) is 12.1 Å². The fraction of sp³-hybridized carbons (Fsp3) is 0.630. The largest absolute Gasteiger partial charge is 0.497 e. The number of methoxy groups -OCH3 is 1. The molecule has 2 saturated heterocycles. The molecular weight excluding hydrogens is 476 g/mol. The molecule has 3 N–H and O–H groups in total. The van der Waals surface area contributed by atoms with Gasteiger partial charge in [0.2, 0.25) is 11.8 Å². The first-order valence-corrected chi connectivity index (χ1v) is 13.3. The van der Waals surface area contributed by atoms with E-state index in [-0.39, 0.29) is 25.4 Å². The van der Waals surface area contributed by atoms with Gasteiger partial charge in [-0.15, -0.1) is 0 Å². The second kappa shape index (κ2) is 14.1. The normalized spacial score (nSPS) is 19.2. The van der Waals surface area contributed by atoms with Crippen LogP contribution in [-0.4, -0.2) is 78.5 Å². The molecule has 3 rings (SSSR count). The minimum Gasteiger partial charge on any atom is -0.497 e. The van der Waals surface area contributed by atoms with Gasteiger partial charge in [0.05, 0.1) is 25.4 Å². The maximum Gasteiger partial charge on any atom is 0.304 e. The highest BCUT2D eigenvalue weighted by Crippen LogP contribution is 2.25. The van der Waals surface area contributed by atoms with Crippen LogP contribution in [0, 0.1) is 11.8 Å². The molecule has 2 aliphatic heterocycles. The van der Waals surface area contributed by atoms with Gasteiger partial charge in [0.1, 0.15) is 5.75 Å². The number of likely N-dealkylation sites (tertiary alicyclic amines) is 1. The first-order valence-electron chi connectivity index (χ1n) is 13.3. The van der Waals surface area contributed by atoms with Gasteiger partial charge in [-0.05, 0) is 75.7 Å². The number of amides is 3. The standard InChI is InChI=1S/C27H40N4O6/c1-19(21-6-8-23(37-2)9-7-21)26(35)31(29-16-13-25(33)34)27(36)22-4-3-17-30(18-22)24(32)10-5-20-11-14-28-15-12-20/h6-9,19-20,22,28-29H,3-5,10-18H2,1-2H3,(H,33,34)/t19-,22-/m1/s1. The molecule has 2 aliphatic rings. The highest BCUT2D eigenvalue weighted by Gasteiger charge is 2.35. The van der Waals surface area contributed by atoms with Crippen LogP contribution in [-0.2, 0) is 19.2 Å². The molecule has 0 aromatic heterocycles. The van der Waals surface area contributed by atoms with Crippen LogP contribution >= 0.6 is 0 Å². The van der Waals surface area contributed by atoms with Crippen molar-refractivity contribution in [2.24, 2.45) is 11.8 Å². The molecule has 0 spiro atoms. The summed E-state index contributed by atoms with van der Waals surface area (Å²) in [6.07, 6.45) is 4.51. The number of carboxylic acids is 1. The fourth-order valence-electron chi connectivity index (χ4n) is 5.01. The fourth-order valence-corrected chi connectivity index (χ4v) is 5.01. The Morgan fingerprint density at radius 1 is 1.14 bits per heavy atom. The lowest BCUT2D eigenvalue weighted by atomic mass is 9.92. The van der Waals surface area contributed by atoms with Crippen molar-refractivity contribution in [1.29, 1.82) is 0 Å². The van der Waals surface area contributed by atoms with E-state index in [1.54, 1.807) is 43.2 Å². The van der Waals surface area contributed by atoms with Gasteiger partial charge in [0.15, 0.2) is 0 Å². The summed E-state index contributed by atoms with van der Waals surface area (Å²) in [4.78, 5) is 52.7. The number of carbonyl (C=O) groups excluding carboxylic acids is 3. The molecule has 0 aliphatic carbocycles. The number of carbonyl (C=O) groups is 4. The van der Waals surface area contributed by atoms with Gasteiger partial charge in [-0.2, -0.15) is 0 Å². The Bertz CT molecular complexity index is 931. The number of aliphatic carboxylic acids is 1. The van der Waals surface area contributed by atoms with Gasteiger partial charge >= 0.3 is 5.97 Å². The average Bonchev–Trinajstić information content (AvgIpc) is 2.93. The lowest BCUT2D eigenvalue weighted by Gasteiger charge is -2.35. The highest BCUT2D eigenvalue weighted by molar-refractivity contribution is 5.99. The predicted octanol–water partition coefficient (Wildman–Crippen LogP) is 2.15. The quantitative estimate of drug-likeness (QED) is 0.382. The van der Waals surface area contributed by atoms with Gasteiger partial charge in [0, 0.05) is 26.1 Å². The van der Waals surface area contributed by atoms with Gasteiger partial charge in [-0.3, -0.25) is 19.2 Å². The molecule has 204 valence electrons. The summed E-state index contributed by atoms with van der Waals surface area (Å²) >= 11 is 0. The van der Waals surface area contributed by atoms with Crippen molar-refractivity contribution in [2.75, 3.05) is 39.8 Å². The van der Waals surface area contributed by atoms with E-state index in [1.165, 1.54) is 0 Å². The lowest BCUT2D eigenvalue weighted by Crippen LogP contribution is -2.54. The first-order chi connectivity index (χ1) is 17.8. The molecule has 10 nitrogen and oxygen atoms in total. The van der Waals surface area contributed by atoms with Crippen molar-refractivity contribution >= 4 is 23.7 Å². The highest BCUT2D eigenvalue weighted by atomic mass is 16.5. The topological polar surface area (TPSA) is 128 Å². The molecule has 10 heteroatoms. The predicted molar refractivity (Wildman–Crippen MR) is 138 cm³/mol. The number of nitrogens with one attached hydrogen (secondary N) is 2. The molecule has 37 heavy (non-hydrogen) atoms. The van der Waals surface area contributed by atoms with E-state index in [0.29, 0.717) is 43.0 Å². The molecular formula is C27H40N4O6. The van der Waals surface area contributed by atoms with Crippen molar-refractivity contribution in [3.8, 4) is 5.75 Å². The summed E-state index contributed by atoms with van der Waals surface area (Å²) in [5, 5.41) is 13.4. The molecule has 2 atom stereocenters. The molecule has 0 radical (unpaired) electrons. The summed E-state index contributed by atoms with van der Waals surface area (Å²) < 4.78 is 5.18. The number of hydrogen-bond acceptors (Lipinski definition) is 7. The zero-order chi connectivity index (χ0) is 26.8. The van der Waals surface area contributed by atoms with Crippen LogP contribution in [0.3, 0.4) is 0 Å². The Balaban J connectivity index is 1.65. The third-order valence-corrected chi connectivity index (χ3v) is 7.38. The SMILES string of the molecule is COc1ccc([C@@H](C)C(=O)N(NCCC(=O)O)C(=O)[C@@H]2CCCN(C(=O)CCC3CCNCC3)C2)cc1. The van der Waals surface area contributed by atoms with Crippen LogP contribution in [0.4, 0.5) is 0 Å². The molecule has 2 heterocycles. The molecule has 1 aromatic rings. The van der Waals surface area contributed by atoms with Gasteiger partial charge in [0.25, 0.3) is 5.91 Å². The second-order valence-electron chi connectivity index (χ2n) is 9.97. The van der Waals surface area contributed by atoms with E-state index in [9.17, 15) is 19.2 Å². The van der Waals surface area contributed by atoms with E-state index in [1.807, 2.05) is 0 Å². The van der Waals surface area contributed by atoms with Crippen molar-refractivity contribution < 1.29 is 29.0 Å². The van der Waals surface area contributed by atoms with E-state index >= 15 is 0 Å². The summed E-state index contributed by atoms with van der Waals surface area (Å²) in [6.45, 7) is 4.51. The van der Waals surface area contributed by atoms with Crippen LogP contribution in [0.5, 0.6) is 5.75 Å². The van der Waals surface area contributed by atoms with E-state index in [2.05, 4.69) is 10.7 Å². The zero-order valence-electron chi connectivity index (χ0n) is 21.9. The number of piperidine rings is 2. The number of benzene rings is 1. The third-order valence-electron chi connectivity index (χ3n) is 7.38. The van der Waals surface area contributed by atoms with Crippen molar-refractivity contribution in [2.45, 2.75) is 57.8 Å². The molecule has 1 aromatic carbocycles. The van der Waals surface area contributed by atoms with Crippen molar-refractivity contribution in [1.82, 2.24) is 20.7 Å². The van der Waals surface area contributed by atoms with Crippen LogP contribution in [0.15, 0.2) is 24.3 Å². The molecule has 2 fully saturated rings. The maximum atomic E-state index is 13.6. The van der Waals surface area contributed by atoms with Gasteiger partial charge < -0.3 is 20.1 Å². The maximum absolute atomic E-state index is 13.6. The second-order valence-corrected chi connectivity index (χ2v) is 9.97. The zero-order valence-corrected chi connectivity index (χ0v) is 21.9. The molecule has 0 bridgehead atoms. The summed E-state index contributed by atoms with van der Waals surface area (Å²) in [7, 11) is 1.56. The van der Waals surface area contributed by atoms with Crippen molar-refractivity contribution in [3.63, 3.8) is 0 Å². The Hall–Kier alpha value is -2.98.